The van der Waals surface area contributed by atoms with Crippen molar-refractivity contribution < 1.29 is 14.0 Å². The molecule has 1 rings (SSSR count). The second kappa shape index (κ2) is 2.60. The first-order chi connectivity index (χ1) is 4.74. The molecule has 0 heterocycles. The SMILES string of the molecule is ON=C1C=CC(F)=CC1F. The maximum atomic E-state index is 12.4. The first kappa shape index (κ1) is 6.92. The minimum Gasteiger partial charge on any atom is -0.411 e. The van der Waals surface area contributed by atoms with Crippen molar-refractivity contribution in [2.24, 2.45) is 5.16 Å². The summed E-state index contributed by atoms with van der Waals surface area (Å²) in [6, 6.07) is 0. The lowest BCUT2D eigenvalue weighted by Gasteiger charge is -2.04. The fraction of sp³-hybridized carbons (Fsp3) is 0.167. The summed E-state index contributed by atoms with van der Waals surface area (Å²) in [6.45, 7) is 0. The van der Waals surface area contributed by atoms with Gasteiger partial charge in [-0.05, 0) is 18.2 Å². The highest BCUT2D eigenvalue weighted by Gasteiger charge is 2.14. The van der Waals surface area contributed by atoms with Crippen LogP contribution in [0.1, 0.15) is 0 Å². The van der Waals surface area contributed by atoms with Crippen LogP contribution >= 0.6 is 0 Å². The Labute approximate surface area is 56.2 Å². The molecule has 0 saturated carbocycles. The van der Waals surface area contributed by atoms with Crippen molar-refractivity contribution in [3.8, 4) is 0 Å². The number of nitrogens with zero attached hydrogens (tertiary/aromatic N) is 1. The lowest BCUT2D eigenvalue weighted by molar-refractivity contribution is 0.313. The van der Waals surface area contributed by atoms with Gasteiger partial charge >= 0.3 is 0 Å². The van der Waals surface area contributed by atoms with E-state index in [9.17, 15) is 8.78 Å². The molecule has 54 valence electrons. The normalized spacial score (nSPS) is 28.8. The van der Waals surface area contributed by atoms with Gasteiger partial charge in [-0.25, -0.2) is 8.78 Å². The van der Waals surface area contributed by atoms with Gasteiger partial charge in [0.1, 0.15) is 11.5 Å². The smallest absolute Gasteiger partial charge is 0.167 e. The van der Waals surface area contributed by atoms with E-state index in [4.69, 9.17) is 5.21 Å². The molecule has 1 N–H and O–H groups in total. The van der Waals surface area contributed by atoms with Crippen LogP contribution in [0.15, 0.2) is 29.2 Å². The van der Waals surface area contributed by atoms with E-state index in [-0.39, 0.29) is 5.71 Å². The monoisotopic (exact) mass is 145 g/mol. The van der Waals surface area contributed by atoms with Crippen molar-refractivity contribution in [2.75, 3.05) is 0 Å². The molecule has 0 bridgehead atoms. The van der Waals surface area contributed by atoms with Crippen molar-refractivity contribution in [3.63, 3.8) is 0 Å². The maximum Gasteiger partial charge on any atom is 0.167 e. The Morgan fingerprint density at radius 2 is 2.20 bits per heavy atom. The van der Waals surface area contributed by atoms with Crippen molar-refractivity contribution in [1.82, 2.24) is 0 Å². The predicted molar refractivity (Wildman–Crippen MR) is 32.4 cm³/mol. The molecule has 1 unspecified atom stereocenters. The zero-order valence-corrected chi connectivity index (χ0v) is 4.96. The van der Waals surface area contributed by atoms with Gasteiger partial charge in [-0.2, -0.15) is 0 Å². The van der Waals surface area contributed by atoms with Crippen LogP contribution in [0.5, 0.6) is 0 Å². The first-order valence-corrected chi connectivity index (χ1v) is 2.65. The quantitative estimate of drug-likeness (QED) is 0.407. The van der Waals surface area contributed by atoms with E-state index in [1.165, 1.54) is 0 Å². The number of allylic oxidation sites excluding steroid dienone is 4. The second-order valence-electron chi connectivity index (χ2n) is 1.81. The summed E-state index contributed by atoms with van der Waals surface area (Å²) in [4.78, 5) is 0. The van der Waals surface area contributed by atoms with E-state index >= 15 is 0 Å². The third kappa shape index (κ3) is 1.21. The number of oxime groups is 1. The van der Waals surface area contributed by atoms with Gasteiger partial charge in [-0.1, -0.05) is 5.16 Å². The number of rotatable bonds is 0. The lowest BCUT2D eigenvalue weighted by atomic mass is 10.1. The van der Waals surface area contributed by atoms with Crippen LogP contribution in [0.2, 0.25) is 0 Å². The molecule has 0 spiro atoms. The highest BCUT2D eigenvalue weighted by atomic mass is 19.1. The summed E-state index contributed by atoms with van der Waals surface area (Å²) in [5.41, 5.74) is -0.179. The van der Waals surface area contributed by atoms with E-state index < -0.39 is 12.0 Å². The van der Waals surface area contributed by atoms with Crippen LogP contribution < -0.4 is 0 Å². The Morgan fingerprint density at radius 3 is 2.70 bits per heavy atom. The Morgan fingerprint density at radius 1 is 1.50 bits per heavy atom. The molecule has 0 aromatic carbocycles. The molecule has 1 atom stereocenters. The van der Waals surface area contributed by atoms with Crippen LogP contribution in [-0.2, 0) is 0 Å². The van der Waals surface area contributed by atoms with Crippen molar-refractivity contribution in [3.05, 3.63) is 24.1 Å². The molecule has 0 fully saturated rings. The van der Waals surface area contributed by atoms with E-state index in [0.717, 1.165) is 18.2 Å². The topological polar surface area (TPSA) is 32.6 Å². The van der Waals surface area contributed by atoms with Gasteiger partial charge in [0.2, 0.25) is 0 Å². The number of halogens is 2. The molecule has 0 aromatic heterocycles. The summed E-state index contributed by atoms with van der Waals surface area (Å²) < 4.78 is 24.6. The molecule has 0 radical (unpaired) electrons. The Bertz CT molecular complexity index is 220. The van der Waals surface area contributed by atoms with E-state index in [2.05, 4.69) is 5.16 Å². The fourth-order valence-electron chi connectivity index (χ4n) is 0.626. The standard InChI is InChI=1S/C6H5F2NO/c7-4-1-2-6(9-10)5(8)3-4/h1-3,5,10H. The average molecular weight is 145 g/mol. The van der Waals surface area contributed by atoms with Crippen LogP contribution in [0.3, 0.4) is 0 Å². The third-order valence-corrected chi connectivity index (χ3v) is 1.12. The second-order valence-corrected chi connectivity index (χ2v) is 1.81. The van der Waals surface area contributed by atoms with Gasteiger partial charge in [0, 0.05) is 0 Å². The maximum absolute atomic E-state index is 12.4. The highest BCUT2D eigenvalue weighted by molar-refractivity contribution is 6.00. The summed E-state index contributed by atoms with van der Waals surface area (Å²) in [7, 11) is 0. The largest absolute Gasteiger partial charge is 0.411 e. The summed E-state index contributed by atoms with van der Waals surface area (Å²) in [5.74, 6) is -0.653. The molecule has 0 aliphatic heterocycles. The molecule has 1 aliphatic carbocycles. The molecule has 0 amide bonds. The third-order valence-electron chi connectivity index (χ3n) is 1.12. The van der Waals surface area contributed by atoms with Crippen molar-refractivity contribution in [2.45, 2.75) is 6.17 Å². The zero-order valence-electron chi connectivity index (χ0n) is 4.96. The Kier molecular flexibility index (Phi) is 1.80. The van der Waals surface area contributed by atoms with Crippen LogP contribution in [-0.4, -0.2) is 17.1 Å². The predicted octanol–water partition coefficient (Wildman–Crippen LogP) is 1.58. The number of hydrogen-bond acceptors (Lipinski definition) is 2. The van der Waals surface area contributed by atoms with Gasteiger partial charge in [0.15, 0.2) is 6.17 Å². The highest BCUT2D eigenvalue weighted by Crippen LogP contribution is 2.11. The zero-order chi connectivity index (χ0) is 7.56. The molecule has 2 nitrogen and oxygen atoms in total. The Hall–Kier alpha value is -1.19. The number of alkyl halides is 1. The first-order valence-electron chi connectivity index (χ1n) is 2.65. The van der Waals surface area contributed by atoms with Crippen molar-refractivity contribution in [1.29, 1.82) is 0 Å². The number of hydrogen-bond donors (Lipinski definition) is 1. The fourth-order valence-corrected chi connectivity index (χ4v) is 0.626. The van der Waals surface area contributed by atoms with Crippen LogP contribution in [0.25, 0.3) is 0 Å². The molecule has 0 saturated heterocycles. The van der Waals surface area contributed by atoms with E-state index in [1.54, 1.807) is 0 Å². The summed E-state index contributed by atoms with van der Waals surface area (Å²) in [5, 5.41) is 10.7. The molecular formula is C6H5F2NO. The molecule has 10 heavy (non-hydrogen) atoms. The summed E-state index contributed by atoms with van der Waals surface area (Å²) >= 11 is 0. The van der Waals surface area contributed by atoms with Crippen LogP contribution in [0.4, 0.5) is 8.78 Å². The van der Waals surface area contributed by atoms with Crippen LogP contribution in [0, 0.1) is 0 Å². The molecule has 4 heteroatoms. The van der Waals surface area contributed by atoms with E-state index in [0.29, 0.717) is 0 Å². The molecule has 1 aliphatic rings. The van der Waals surface area contributed by atoms with E-state index in [1.807, 2.05) is 0 Å². The Balaban J connectivity index is 2.84. The molecule has 0 aromatic rings. The van der Waals surface area contributed by atoms with Gasteiger partial charge < -0.3 is 5.21 Å². The minimum atomic E-state index is -1.63. The molecular weight excluding hydrogens is 140 g/mol. The van der Waals surface area contributed by atoms with Gasteiger partial charge in [0.05, 0.1) is 0 Å². The van der Waals surface area contributed by atoms with Gasteiger partial charge in [-0.15, -0.1) is 0 Å². The lowest BCUT2D eigenvalue weighted by Crippen LogP contribution is -2.13. The van der Waals surface area contributed by atoms with Gasteiger partial charge in [-0.3, -0.25) is 0 Å². The average Bonchev–Trinajstić information content (AvgIpc) is 1.88. The van der Waals surface area contributed by atoms with Crippen molar-refractivity contribution >= 4 is 5.71 Å². The van der Waals surface area contributed by atoms with Gasteiger partial charge in [0.25, 0.3) is 0 Å². The minimum absolute atomic E-state index is 0.179. The summed E-state index contributed by atoms with van der Waals surface area (Å²) in [6.07, 6.45) is 1.22.